The average Bonchev–Trinajstić information content (AvgIpc) is 3.72. The molecule has 2 bridgehead atoms. The molecular weight excluding hydrogens is 624 g/mol. The highest BCUT2D eigenvalue weighted by atomic mass is 35.5. The van der Waals surface area contributed by atoms with E-state index in [1.807, 2.05) is 42.5 Å². The minimum absolute atomic E-state index is 0.00476. The Hall–Kier alpha value is -3.28. The largest absolute Gasteiger partial charge is 0.493 e. The Kier molecular flexibility index (Phi) is 7.33. The second-order valence-electron chi connectivity index (χ2n) is 12.4. The van der Waals surface area contributed by atoms with E-state index in [4.69, 9.17) is 21.1 Å². The number of nitrogens with zero attached hydrogens (tertiary/aromatic N) is 1. The summed E-state index contributed by atoms with van der Waals surface area (Å²) >= 11 is 8.79. The number of thioether (sulfide) groups is 1. The quantitative estimate of drug-likeness (QED) is 0.315. The molecule has 44 heavy (non-hydrogen) atoms. The standard InChI is InChI=1S/C32H31ClN2O7S2/c1-13(2)25(31(38)39)35-29(36)23-17-11-18(24(23)30(35)37)26-22(17)21(27-28(43-26)34-32(40)44-27)15-6-9-19(20(10-15)41-3)42-12-14-4-7-16(33)8-5-14/h4-10,13,17-18,21-26H,11-12H2,1-3H3,(H,34,40)(H,38,39)/t17?,18?,21-,22?,23?,24?,25?,26?/m1/s1. The molecule has 8 atom stereocenters. The van der Waals surface area contributed by atoms with Crippen molar-refractivity contribution in [1.29, 1.82) is 0 Å². The van der Waals surface area contributed by atoms with Crippen LogP contribution in [0.5, 0.6) is 11.5 Å². The molecule has 3 heterocycles. The lowest BCUT2D eigenvalue weighted by molar-refractivity contribution is -0.157. The van der Waals surface area contributed by atoms with E-state index < -0.39 is 29.8 Å². The minimum Gasteiger partial charge on any atom is -0.493 e. The van der Waals surface area contributed by atoms with Gasteiger partial charge in [-0.3, -0.25) is 19.3 Å². The first-order valence-electron chi connectivity index (χ1n) is 14.6. The highest BCUT2D eigenvalue weighted by molar-refractivity contribution is 8.00. The molecule has 7 unspecified atom stereocenters. The number of ether oxygens (including phenoxy) is 2. The van der Waals surface area contributed by atoms with Gasteiger partial charge in [0.2, 0.25) is 11.8 Å². The molecule has 0 radical (unpaired) electrons. The number of carboxylic acids is 1. The van der Waals surface area contributed by atoms with Crippen LogP contribution in [0.4, 0.5) is 0 Å². The summed E-state index contributed by atoms with van der Waals surface area (Å²) in [7, 11) is 1.58. The summed E-state index contributed by atoms with van der Waals surface area (Å²) < 4.78 is 11.9. The second-order valence-corrected chi connectivity index (χ2v) is 15.0. The van der Waals surface area contributed by atoms with E-state index in [2.05, 4.69) is 4.98 Å². The number of aromatic amines is 1. The van der Waals surface area contributed by atoms with Crippen LogP contribution in [0.2, 0.25) is 5.02 Å². The molecular formula is C32H31ClN2O7S2. The zero-order chi connectivity index (χ0) is 31.0. The highest BCUT2D eigenvalue weighted by Crippen LogP contribution is 2.68. The number of methoxy groups -OCH3 is 1. The molecule has 3 fully saturated rings. The fourth-order valence-electron chi connectivity index (χ4n) is 8.12. The summed E-state index contributed by atoms with van der Waals surface area (Å²) in [5.74, 6) is -2.70. The van der Waals surface area contributed by atoms with E-state index in [9.17, 15) is 24.3 Å². The number of rotatable bonds is 8. The topological polar surface area (TPSA) is 126 Å². The number of carbonyl (C=O) groups is 3. The first-order chi connectivity index (χ1) is 21.1. The molecule has 1 aromatic heterocycles. The van der Waals surface area contributed by atoms with Gasteiger partial charge in [-0.25, -0.2) is 4.79 Å². The second kappa shape index (κ2) is 11.0. The van der Waals surface area contributed by atoms with Gasteiger partial charge >= 0.3 is 10.8 Å². The molecule has 3 aromatic rings. The van der Waals surface area contributed by atoms with Crippen molar-refractivity contribution in [2.75, 3.05) is 7.11 Å². The Balaban J connectivity index is 1.24. The number of aromatic nitrogens is 1. The van der Waals surface area contributed by atoms with Gasteiger partial charge in [0, 0.05) is 21.1 Å². The van der Waals surface area contributed by atoms with E-state index in [0.29, 0.717) is 23.1 Å². The lowest BCUT2D eigenvalue weighted by atomic mass is 9.68. The molecule has 7 rings (SSSR count). The molecule has 9 nitrogen and oxygen atoms in total. The van der Waals surface area contributed by atoms with Crippen LogP contribution in [0.25, 0.3) is 0 Å². The number of halogens is 1. The van der Waals surface area contributed by atoms with E-state index in [1.54, 1.807) is 32.7 Å². The summed E-state index contributed by atoms with van der Waals surface area (Å²) in [6.45, 7) is 3.77. The van der Waals surface area contributed by atoms with Crippen molar-refractivity contribution < 1.29 is 29.0 Å². The summed E-state index contributed by atoms with van der Waals surface area (Å²) in [6.07, 6.45) is 0.720. The molecule has 2 aliphatic heterocycles. The predicted molar refractivity (Wildman–Crippen MR) is 165 cm³/mol. The number of benzene rings is 2. The minimum atomic E-state index is -1.19. The van der Waals surface area contributed by atoms with Crippen molar-refractivity contribution in [3.05, 3.63) is 73.2 Å². The van der Waals surface area contributed by atoms with E-state index in [1.165, 1.54) is 11.3 Å². The molecule has 12 heteroatoms. The molecule has 2 N–H and O–H groups in total. The molecule has 0 spiro atoms. The van der Waals surface area contributed by atoms with Gasteiger partial charge in [0.15, 0.2) is 11.5 Å². The monoisotopic (exact) mass is 654 g/mol. The van der Waals surface area contributed by atoms with Crippen LogP contribution in [0, 0.1) is 35.5 Å². The van der Waals surface area contributed by atoms with Gasteiger partial charge in [0.05, 0.1) is 24.0 Å². The van der Waals surface area contributed by atoms with Gasteiger partial charge in [0.25, 0.3) is 0 Å². The number of carboxylic acid groups (broad SMARTS) is 1. The van der Waals surface area contributed by atoms with Crippen LogP contribution in [0.1, 0.15) is 42.2 Å². The van der Waals surface area contributed by atoms with Crippen molar-refractivity contribution in [1.82, 2.24) is 9.88 Å². The summed E-state index contributed by atoms with van der Waals surface area (Å²) in [6, 6.07) is 12.0. The van der Waals surface area contributed by atoms with Crippen molar-refractivity contribution >= 4 is 52.5 Å². The Morgan fingerprint density at radius 1 is 1.07 bits per heavy atom. The van der Waals surface area contributed by atoms with Crippen molar-refractivity contribution in [3.63, 3.8) is 0 Å². The third-order valence-electron chi connectivity index (χ3n) is 9.78. The number of hydrogen-bond donors (Lipinski definition) is 2. The number of nitrogens with one attached hydrogen (secondary N) is 1. The average molecular weight is 655 g/mol. The van der Waals surface area contributed by atoms with Crippen LogP contribution in [0.3, 0.4) is 0 Å². The number of carbonyl (C=O) groups excluding carboxylic acids is 2. The van der Waals surface area contributed by atoms with Gasteiger partial charge in [-0.05, 0) is 65.5 Å². The SMILES string of the molecule is COc1cc([C@H]2c3sc(=O)[nH]c3SC3C4CC(C5C(=O)N(C(C(=O)O)C(C)C)C(=O)C45)C32)ccc1OCc1ccc(Cl)cc1. The Bertz CT molecular complexity index is 1720. The smallest absolute Gasteiger partial charge is 0.327 e. The van der Waals surface area contributed by atoms with Crippen molar-refractivity contribution in [2.45, 2.75) is 49.1 Å². The summed E-state index contributed by atoms with van der Waals surface area (Å²) in [5, 5.41) is 11.4. The van der Waals surface area contributed by atoms with Gasteiger partial charge in [-0.15, -0.1) is 11.8 Å². The first kappa shape index (κ1) is 29.4. The predicted octanol–water partition coefficient (Wildman–Crippen LogP) is 5.26. The van der Waals surface area contributed by atoms with Crippen molar-refractivity contribution in [2.24, 2.45) is 35.5 Å². The molecule has 1 saturated heterocycles. The molecule has 2 saturated carbocycles. The third kappa shape index (κ3) is 4.49. The van der Waals surface area contributed by atoms with Crippen LogP contribution in [-0.2, 0) is 21.0 Å². The number of amides is 2. The molecule has 230 valence electrons. The number of thiazole rings is 1. The van der Waals surface area contributed by atoms with E-state index in [0.717, 1.165) is 32.4 Å². The summed E-state index contributed by atoms with van der Waals surface area (Å²) in [4.78, 5) is 57.3. The lowest BCUT2D eigenvalue weighted by Crippen LogP contribution is -2.49. The number of hydrogen-bond acceptors (Lipinski definition) is 8. The zero-order valence-corrected chi connectivity index (χ0v) is 26.6. The molecule has 2 aromatic carbocycles. The maximum absolute atomic E-state index is 13.9. The number of likely N-dealkylation sites (tertiary alicyclic amines) is 1. The van der Waals surface area contributed by atoms with Gasteiger partial charge in [0.1, 0.15) is 12.6 Å². The molecule has 2 amide bonds. The molecule has 4 aliphatic rings. The van der Waals surface area contributed by atoms with Gasteiger partial charge in [-0.2, -0.15) is 0 Å². The normalized spacial score (nSPS) is 29.0. The fraction of sp³-hybridized carbons (Fsp3) is 0.438. The van der Waals surface area contributed by atoms with Gasteiger partial charge < -0.3 is 19.6 Å². The summed E-state index contributed by atoms with van der Waals surface area (Å²) in [5.41, 5.74) is 1.90. The Morgan fingerprint density at radius 3 is 2.43 bits per heavy atom. The fourth-order valence-corrected chi connectivity index (χ4v) is 11.1. The van der Waals surface area contributed by atoms with Crippen LogP contribution < -0.4 is 14.3 Å². The first-order valence-corrected chi connectivity index (χ1v) is 16.7. The van der Waals surface area contributed by atoms with E-state index in [-0.39, 0.29) is 45.6 Å². The number of imide groups is 1. The maximum Gasteiger partial charge on any atom is 0.327 e. The highest BCUT2D eigenvalue weighted by Gasteiger charge is 2.70. The van der Waals surface area contributed by atoms with E-state index >= 15 is 0 Å². The van der Waals surface area contributed by atoms with Gasteiger partial charge in [-0.1, -0.05) is 55.0 Å². The van der Waals surface area contributed by atoms with Crippen LogP contribution in [-0.4, -0.2) is 51.2 Å². The number of H-pyrrole nitrogens is 1. The Morgan fingerprint density at radius 2 is 1.77 bits per heavy atom. The zero-order valence-electron chi connectivity index (χ0n) is 24.2. The molecule has 2 aliphatic carbocycles. The van der Waals surface area contributed by atoms with Crippen molar-refractivity contribution in [3.8, 4) is 11.5 Å². The number of aliphatic carboxylic acids is 1. The van der Waals surface area contributed by atoms with Crippen LogP contribution in [0.15, 0.2) is 52.3 Å². The van der Waals surface area contributed by atoms with Crippen LogP contribution >= 0.6 is 34.7 Å². The number of fused-ring (bicyclic) bond motifs is 9. The maximum atomic E-state index is 13.9. The third-order valence-corrected chi connectivity index (χ3v) is 12.6. The Labute approximate surface area is 266 Å². The lowest BCUT2D eigenvalue weighted by Gasteiger charge is -2.43.